The third-order valence-corrected chi connectivity index (χ3v) is 2.39. The average molecular weight is 189 g/mol. The van der Waals surface area contributed by atoms with E-state index in [4.69, 9.17) is 0 Å². The van der Waals surface area contributed by atoms with Crippen LogP contribution in [0.1, 0.15) is 44.7 Å². The van der Waals surface area contributed by atoms with E-state index in [9.17, 15) is 0 Å². The zero-order valence-electron chi connectivity index (χ0n) is 9.64. The normalized spacial score (nSPS) is 10.9. The van der Waals surface area contributed by atoms with Crippen LogP contribution in [0.5, 0.6) is 0 Å². The van der Waals surface area contributed by atoms with E-state index < -0.39 is 0 Å². The van der Waals surface area contributed by atoms with Crippen LogP contribution in [0.2, 0.25) is 0 Å². The predicted molar refractivity (Wildman–Crippen MR) is 62.4 cm³/mol. The fourth-order valence-corrected chi connectivity index (χ4v) is 1.61. The van der Waals surface area contributed by atoms with Gasteiger partial charge in [0.25, 0.3) is 0 Å². The molecule has 0 saturated carbocycles. The van der Waals surface area contributed by atoms with Gasteiger partial charge >= 0.3 is 0 Å². The molecule has 0 N–H and O–H groups in total. The first-order chi connectivity index (χ1) is 6.72. The topological polar surface area (TPSA) is 0 Å². The van der Waals surface area contributed by atoms with Gasteiger partial charge in [-0.25, -0.2) is 0 Å². The lowest BCUT2D eigenvalue weighted by Gasteiger charge is -2.05. The minimum absolute atomic E-state index is 0.741. The van der Waals surface area contributed by atoms with Crippen LogP contribution >= 0.6 is 0 Å². The Morgan fingerprint density at radius 3 is 2.57 bits per heavy atom. The van der Waals surface area contributed by atoms with Gasteiger partial charge in [0.15, 0.2) is 0 Å². The third kappa shape index (κ3) is 3.95. The molecule has 0 aliphatic rings. The lowest BCUT2D eigenvalue weighted by molar-refractivity contribution is 0.647. The SMILES string of the molecule is CCCCc1[c]cc(CC(C)C)cc1. The van der Waals surface area contributed by atoms with Crippen molar-refractivity contribution in [3.05, 3.63) is 35.4 Å². The molecule has 0 spiro atoms. The van der Waals surface area contributed by atoms with Crippen LogP contribution in [0, 0.1) is 12.0 Å². The number of hydrogen-bond acceptors (Lipinski definition) is 0. The molecule has 77 valence electrons. The first kappa shape index (κ1) is 11.3. The first-order valence-corrected chi connectivity index (χ1v) is 5.72. The minimum atomic E-state index is 0.741. The van der Waals surface area contributed by atoms with E-state index in [0.29, 0.717) is 0 Å². The summed E-state index contributed by atoms with van der Waals surface area (Å²) < 4.78 is 0. The van der Waals surface area contributed by atoms with Crippen molar-refractivity contribution in [2.45, 2.75) is 46.5 Å². The molecule has 0 fully saturated rings. The lowest BCUT2D eigenvalue weighted by atomic mass is 10.0. The van der Waals surface area contributed by atoms with Crippen LogP contribution in [0.15, 0.2) is 18.2 Å². The molecule has 0 aliphatic heterocycles. The van der Waals surface area contributed by atoms with Gasteiger partial charge in [0, 0.05) is 0 Å². The Morgan fingerprint density at radius 1 is 1.29 bits per heavy atom. The van der Waals surface area contributed by atoms with Crippen LogP contribution < -0.4 is 0 Å². The van der Waals surface area contributed by atoms with Gasteiger partial charge in [0.2, 0.25) is 0 Å². The maximum Gasteiger partial charge on any atom is -0.0146 e. The maximum atomic E-state index is 3.38. The van der Waals surface area contributed by atoms with Crippen LogP contribution in [-0.4, -0.2) is 0 Å². The Bertz CT molecular complexity index is 243. The van der Waals surface area contributed by atoms with Crippen molar-refractivity contribution < 1.29 is 0 Å². The molecule has 0 nitrogen and oxygen atoms in total. The summed E-state index contributed by atoms with van der Waals surface area (Å²) in [5.74, 6) is 0.741. The summed E-state index contributed by atoms with van der Waals surface area (Å²) in [6.45, 7) is 6.74. The van der Waals surface area contributed by atoms with E-state index in [2.05, 4.69) is 45.0 Å². The molecule has 0 heterocycles. The summed E-state index contributed by atoms with van der Waals surface area (Å²) >= 11 is 0. The molecule has 0 bridgehead atoms. The Hall–Kier alpha value is -0.780. The van der Waals surface area contributed by atoms with Crippen molar-refractivity contribution in [3.63, 3.8) is 0 Å². The quantitative estimate of drug-likeness (QED) is 0.656. The highest BCUT2D eigenvalue weighted by Crippen LogP contribution is 2.10. The summed E-state index contributed by atoms with van der Waals surface area (Å²) in [7, 11) is 0. The van der Waals surface area contributed by atoms with E-state index in [0.717, 1.165) is 5.92 Å². The number of hydrogen-bond donors (Lipinski definition) is 0. The molecule has 0 amide bonds. The van der Waals surface area contributed by atoms with E-state index >= 15 is 0 Å². The standard InChI is InChI=1S/C14H21/c1-4-5-6-13-7-9-14(10-8-13)11-12(2)3/h7,9-10,12H,4-6,11H2,1-3H3. The van der Waals surface area contributed by atoms with Crippen molar-refractivity contribution >= 4 is 0 Å². The molecule has 1 radical (unpaired) electrons. The Kier molecular flexibility index (Phi) is 4.72. The highest BCUT2D eigenvalue weighted by molar-refractivity contribution is 5.21. The highest BCUT2D eigenvalue weighted by atomic mass is 14.0. The van der Waals surface area contributed by atoms with Crippen LogP contribution in [0.4, 0.5) is 0 Å². The molecule has 1 aromatic carbocycles. The van der Waals surface area contributed by atoms with Crippen molar-refractivity contribution in [1.29, 1.82) is 0 Å². The lowest BCUT2D eigenvalue weighted by Crippen LogP contribution is -1.94. The van der Waals surface area contributed by atoms with Gasteiger partial charge in [0.05, 0.1) is 0 Å². The maximum absolute atomic E-state index is 3.38. The van der Waals surface area contributed by atoms with Crippen molar-refractivity contribution in [2.75, 3.05) is 0 Å². The molecular formula is C14H21. The van der Waals surface area contributed by atoms with Gasteiger partial charge in [-0.3, -0.25) is 0 Å². The molecule has 0 unspecified atom stereocenters. The van der Waals surface area contributed by atoms with Crippen LogP contribution in [0.3, 0.4) is 0 Å². The summed E-state index contributed by atoms with van der Waals surface area (Å²) in [5.41, 5.74) is 2.78. The number of aryl methyl sites for hydroxylation is 1. The van der Waals surface area contributed by atoms with Crippen molar-refractivity contribution in [1.82, 2.24) is 0 Å². The van der Waals surface area contributed by atoms with Crippen molar-refractivity contribution in [2.24, 2.45) is 5.92 Å². The van der Waals surface area contributed by atoms with Gasteiger partial charge in [0.1, 0.15) is 0 Å². The van der Waals surface area contributed by atoms with E-state index in [1.54, 1.807) is 0 Å². The van der Waals surface area contributed by atoms with Crippen LogP contribution in [0.25, 0.3) is 0 Å². The van der Waals surface area contributed by atoms with Crippen LogP contribution in [-0.2, 0) is 12.8 Å². The zero-order valence-corrected chi connectivity index (χ0v) is 9.64. The van der Waals surface area contributed by atoms with Gasteiger partial charge in [-0.1, -0.05) is 45.4 Å². The number of rotatable bonds is 5. The molecule has 0 aliphatic carbocycles. The van der Waals surface area contributed by atoms with E-state index in [1.165, 1.54) is 36.8 Å². The fourth-order valence-electron chi connectivity index (χ4n) is 1.61. The first-order valence-electron chi connectivity index (χ1n) is 5.72. The van der Waals surface area contributed by atoms with E-state index in [-0.39, 0.29) is 0 Å². The smallest absolute Gasteiger partial charge is 0.0146 e. The second-order valence-electron chi connectivity index (χ2n) is 4.42. The molecule has 0 saturated heterocycles. The Morgan fingerprint density at radius 2 is 2.07 bits per heavy atom. The zero-order chi connectivity index (χ0) is 10.4. The molecule has 1 rings (SSSR count). The second kappa shape index (κ2) is 5.85. The monoisotopic (exact) mass is 189 g/mol. The summed E-state index contributed by atoms with van der Waals surface area (Å²) in [6, 6.07) is 10.0. The Balaban J connectivity index is 2.50. The molecule has 1 aromatic rings. The number of unbranched alkanes of at least 4 members (excludes halogenated alkanes) is 1. The molecule has 0 heteroatoms. The summed E-state index contributed by atoms with van der Waals surface area (Å²) in [6.07, 6.45) is 4.89. The average Bonchev–Trinajstić information content (AvgIpc) is 2.16. The second-order valence-corrected chi connectivity index (χ2v) is 4.42. The molecule has 0 atom stereocenters. The predicted octanol–water partition coefficient (Wildman–Crippen LogP) is 4.03. The van der Waals surface area contributed by atoms with E-state index in [1.807, 2.05) is 0 Å². The van der Waals surface area contributed by atoms with Gasteiger partial charge in [-0.15, -0.1) is 0 Å². The number of benzene rings is 1. The Labute approximate surface area is 88.4 Å². The molecule has 0 aromatic heterocycles. The summed E-state index contributed by atoms with van der Waals surface area (Å²) in [5, 5.41) is 0. The minimum Gasteiger partial charge on any atom is -0.0654 e. The summed E-state index contributed by atoms with van der Waals surface area (Å²) in [4.78, 5) is 0. The van der Waals surface area contributed by atoms with Crippen molar-refractivity contribution in [3.8, 4) is 0 Å². The largest absolute Gasteiger partial charge is 0.0654 e. The highest BCUT2D eigenvalue weighted by Gasteiger charge is 1.98. The fraction of sp³-hybridized carbons (Fsp3) is 0.571. The third-order valence-electron chi connectivity index (χ3n) is 2.39. The van der Waals surface area contributed by atoms with Gasteiger partial charge in [-0.2, -0.15) is 0 Å². The molecular weight excluding hydrogens is 168 g/mol. The molecule has 14 heavy (non-hydrogen) atoms. The van der Waals surface area contributed by atoms with Gasteiger partial charge < -0.3 is 0 Å². The van der Waals surface area contributed by atoms with Gasteiger partial charge in [-0.05, 0) is 42.4 Å².